The molecule has 2 nitrogen and oxygen atoms in total. The van der Waals surface area contributed by atoms with E-state index in [-0.39, 0.29) is 17.4 Å². The van der Waals surface area contributed by atoms with Crippen molar-refractivity contribution in [2.24, 2.45) is 0 Å². The normalized spacial score (nSPS) is 20.3. The molecule has 2 aliphatic rings. The smallest absolute Gasteiger partial charge is 0.123 e. The maximum absolute atomic E-state index is 10.5. The molecule has 0 spiro atoms. The summed E-state index contributed by atoms with van der Waals surface area (Å²) < 4.78 is 0. The van der Waals surface area contributed by atoms with Gasteiger partial charge in [0.1, 0.15) is 11.5 Å². The summed E-state index contributed by atoms with van der Waals surface area (Å²) in [4.78, 5) is 0. The Kier molecular flexibility index (Phi) is 8.73. The largest absolute Gasteiger partial charge is 0.507 e. The summed E-state index contributed by atoms with van der Waals surface area (Å²) in [5, 5.41) is 21.0. The van der Waals surface area contributed by atoms with Crippen LogP contribution in [0.25, 0.3) is 0 Å². The van der Waals surface area contributed by atoms with E-state index < -0.39 is 0 Å². The summed E-state index contributed by atoms with van der Waals surface area (Å²) in [7, 11) is 0. The third-order valence-electron chi connectivity index (χ3n) is 5.27. The fourth-order valence-corrected chi connectivity index (χ4v) is 3.90. The van der Waals surface area contributed by atoms with Gasteiger partial charge in [0, 0.05) is 17.5 Å². The summed E-state index contributed by atoms with van der Waals surface area (Å²) in [6, 6.07) is 3.46. The van der Waals surface area contributed by atoms with Crippen LogP contribution in [-0.4, -0.2) is 10.2 Å². The van der Waals surface area contributed by atoms with E-state index in [9.17, 15) is 10.2 Å². The molecule has 25 heavy (non-hydrogen) atoms. The first-order chi connectivity index (χ1) is 12.2. The van der Waals surface area contributed by atoms with E-state index >= 15 is 0 Å². The zero-order valence-corrected chi connectivity index (χ0v) is 15.8. The van der Waals surface area contributed by atoms with Crippen LogP contribution in [0.5, 0.6) is 11.5 Å². The highest BCUT2D eigenvalue weighted by Gasteiger charge is 2.19. The van der Waals surface area contributed by atoms with Gasteiger partial charge < -0.3 is 10.2 Å². The second kappa shape index (κ2) is 11.1. The molecular weight excluding hydrogens is 308 g/mol. The van der Waals surface area contributed by atoms with Gasteiger partial charge >= 0.3 is 0 Å². The summed E-state index contributed by atoms with van der Waals surface area (Å²) in [5.41, 5.74) is 1.45. The highest BCUT2D eigenvalue weighted by molar-refractivity contribution is 5.53. The van der Waals surface area contributed by atoms with Crippen molar-refractivity contribution in [1.29, 1.82) is 0 Å². The maximum Gasteiger partial charge on any atom is 0.123 e. The lowest BCUT2D eigenvalue weighted by Crippen LogP contribution is -2.01. The molecule has 0 saturated carbocycles. The van der Waals surface area contributed by atoms with E-state index in [4.69, 9.17) is 0 Å². The number of aromatic hydroxyl groups is 2. The molecule has 1 aromatic rings. The lowest BCUT2D eigenvalue weighted by molar-refractivity contribution is 0.412. The monoisotopic (exact) mass is 342 g/mol. The van der Waals surface area contributed by atoms with Crippen LogP contribution in [0.4, 0.5) is 0 Å². The third kappa shape index (κ3) is 6.65. The number of fused-ring (bicyclic) bond motifs is 14. The van der Waals surface area contributed by atoms with Gasteiger partial charge in [-0.15, -0.1) is 0 Å². The Hall–Kier alpha value is -1.62. The first-order valence-corrected chi connectivity index (χ1v) is 10.3. The van der Waals surface area contributed by atoms with Crippen molar-refractivity contribution in [3.63, 3.8) is 0 Å². The van der Waals surface area contributed by atoms with Crippen molar-refractivity contribution in [2.75, 3.05) is 0 Å². The number of phenolic OH excluding ortho intramolecular Hbond substituents is 2. The fraction of sp³-hybridized carbons (Fsp3) is 0.652. The van der Waals surface area contributed by atoms with Crippen LogP contribution in [0.15, 0.2) is 12.1 Å². The zero-order valence-electron chi connectivity index (χ0n) is 15.8. The summed E-state index contributed by atoms with van der Waals surface area (Å²) >= 11 is 0. The third-order valence-corrected chi connectivity index (χ3v) is 5.27. The molecule has 0 radical (unpaired) electrons. The van der Waals surface area contributed by atoms with Crippen LogP contribution in [0.3, 0.4) is 0 Å². The molecule has 1 unspecified atom stereocenters. The van der Waals surface area contributed by atoms with Crippen LogP contribution in [0, 0.1) is 11.8 Å². The van der Waals surface area contributed by atoms with Crippen LogP contribution in [0.2, 0.25) is 0 Å². The molecular formula is C23H34O2. The molecule has 0 saturated heterocycles. The molecule has 2 heteroatoms. The van der Waals surface area contributed by atoms with Crippen LogP contribution < -0.4 is 0 Å². The first kappa shape index (κ1) is 19.7. The molecule has 2 aliphatic carbocycles. The standard InChI is InChI=1S/C23H34O2/c1-2-14-20-16-13-11-9-7-5-3-4-6-8-10-12-15-19-17-21(24)23(20)22(25)18-19/h17-18,20,24-25H,2-11,13-14,16H2,1H3. The highest BCUT2D eigenvalue weighted by atomic mass is 16.3. The Morgan fingerprint density at radius 2 is 1.44 bits per heavy atom. The second-order valence-electron chi connectivity index (χ2n) is 7.44. The number of hydrogen-bond donors (Lipinski definition) is 2. The van der Waals surface area contributed by atoms with Gasteiger partial charge in [-0.3, -0.25) is 0 Å². The van der Waals surface area contributed by atoms with Crippen LogP contribution >= 0.6 is 0 Å². The predicted molar refractivity (Wildman–Crippen MR) is 105 cm³/mol. The molecule has 2 bridgehead atoms. The molecule has 0 fully saturated rings. The number of phenols is 2. The molecule has 2 N–H and O–H groups in total. The highest BCUT2D eigenvalue weighted by Crippen LogP contribution is 2.40. The van der Waals surface area contributed by atoms with Crippen molar-refractivity contribution >= 4 is 0 Å². The van der Waals surface area contributed by atoms with Gasteiger partial charge in [-0.05, 0) is 37.3 Å². The van der Waals surface area contributed by atoms with Crippen LogP contribution in [0.1, 0.15) is 107 Å². The van der Waals surface area contributed by atoms with Crippen molar-refractivity contribution < 1.29 is 10.2 Å². The molecule has 0 aromatic heterocycles. The quantitative estimate of drug-likeness (QED) is 0.592. The molecule has 1 atom stereocenters. The van der Waals surface area contributed by atoms with E-state index in [2.05, 4.69) is 18.8 Å². The van der Waals surface area contributed by atoms with Gasteiger partial charge in [0.15, 0.2) is 0 Å². The molecule has 0 aliphatic heterocycles. The Morgan fingerprint density at radius 3 is 2.04 bits per heavy atom. The van der Waals surface area contributed by atoms with Crippen molar-refractivity contribution in [2.45, 2.75) is 96.3 Å². The first-order valence-electron chi connectivity index (χ1n) is 10.3. The van der Waals surface area contributed by atoms with E-state index in [1.807, 2.05) is 0 Å². The Balaban J connectivity index is 2.18. The van der Waals surface area contributed by atoms with Gasteiger partial charge in [-0.25, -0.2) is 0 Å². The number of hydrogen-bond acceptors (Lipinski definition) is 2. The number of benzene rings is 1. The second-order valence-corrected chi connectivity index (χ2v) is 7.44. The number of rotatable bonds is 2. The van der Waals surface area contributed by atoms with Crippen molar-refractivity contribution in [3.8, 4) is 23.3 Å². The van der Waals surface area contributed by atoms with E-state index in [1.165, 1.54) is 51.4 Å². The van der Waals surface area contributed by atoms with Gasteiger partial charge in [0.2, 0.25) is 0 Å². The minimum absolute atomic E-state index is 0.212. The minimum atomic E-state index is 0.212. The molecule has 0 amide bonds. The van der Waals surface area contributed by atoms with Crippen LogP contribution in [-0.2, 0) is 0 Å². The summed E-state index contributed by atoms with van der Waals surface area (Å²) in [6.45, 7) is 2.17. The Morgan fingerprint density at radius 1 is 0.880 bits per heavy atom. The molecule has 1 aromatic carbocycles. The van der Waals surface area contributed by atoms with Crippen molar-refractivity contribution in [1.82, 2.24) is 0 Å². The summed E-state index contributed by atoms with van der Waals surface area (Å²) in [6.07, 6.45) is 15.5. The van der Waals surface area contributed by atoms with Gasteiger partial charge in [-0.2, -0.15) is 0 Å². The van der Waals surface area contributed by atoms with E-state index in [0.717, 1.165) is 43.2 Å². The SMILES string of the molecule is CCCC1CCCCCCCCCCCC#Cc2cc(O)c1c(O)c2. The lowest BCUT2D eigenvalue weighted by atomic mass is 9.87. The average molecular weight is 343 g/mol. The summed E-state index contributed by atoms with van der Waals surface area (Å²) in [5.74, 6) is 6.95. The van der Waals surface area contributed by atoms with Gasteiger partial charge in [0.25, 0.3) is 0 Å². The lowest BCUT2D eigenvalue weighted by Gasteiger charge is -2.19. The average Bonchev–Trinajstić information content (AvgIpc) is 2.57. The van der Waals surface area contributed by atoms with Gasteiger partial charge in [-0.1, -0.05) is 76.6 Å². The van der Waals surface area contributed by atoms with Gasteiger partial charge in [0.05, 0.1) is 0 Å². The predicted octanol–water partition coefficient (Wildman–Crippen LogP) is 6.64. The topological polar surface area (TPSA) is 40.5 Å². The van der Waals surface area contributed by atoms with Crippen molar-refractivity contribution in [3.05, 3.63) is 23.3 Å². The molecule has 138 valence electrons. The maximum atomic E-state index is 10.5. The van der Waals surface area contributed by atoms with E-state index in [1.54, 1.807) is 12.1 Å². The minimum Gasteiger partial charge on any atom is -0.507 e. The Labute approximate surface area is 153 Å². The Bertz CT molecular complexity index is 556. The molecule has 3 rings (SSSR count). The zero-order chi connectivity index (χ0) is 17.9. The molecule has 0 heterocycles. The van der Waals surface area contributed by atoms with E-state index in [0.29, 0.717) is 0 Å². The fourth-order valence-electron chi connectivity index (χ4n) is 3.90.